The van der Waals surface area contributed by atoms with Crippen molar-refractivity contribution < 1.29 is 8.42 Å². The number of aromatic nitrogens is 2. The fraction of sp³-hybridized carbons (Fsp3) is 0.750. The van der Waals surface area contributed by atoms with Crippen molar-refractivity contribution in [1.29, 1.82) is 0 Å². The Morgan fingerprint density at radius 2 is 2.16 bits per heavy atom. The second-order valence-electron chi connectivity index (χ2n) is 5.68. The molecule has 0 spiro atoms. The first kappa shape index (κ1) is 14.5. The number of nitrogens with zero attached hydrogens (tertiary/aromatic N) is 1. The number of aromatic amines is 1. The van der Waals surface area contributed by atoms with Crippen molar-refractivity contribution in [2.75, 3.05) is 19.6 Å². The van der Waals surface area contributed by atoms with Gasteiger partial charge in [-0.3, -0.25) is 5.10 Å². The number of rotatable bonds is 4. The molecule has 0 bridgehead atoms. The van der Waals surface area contributed by atoms with E-state index in [1.54, 1.807) is 13.8 Å². The van der Waals surface area contributed by atoms with Crippen molar-refractivity contribution in [1.82, 2.24) is 20.2 Å². The van der Waals surface area contributed by atoms with Gasteiger partial charge in [0.1, 0.15) is 4.90 Å². The molecule has 1 unspecified atom stereocenters. The third kappa shape index (κ3) is 3.16. The number of nitrogens with one attached hydrogen (secondary N) is 3. The van der Waals surface area contributed by atoms with Crippen LogP contribution in [0.1, 0.15) is 31.2 Å². The molecule has 108 valence electrons. The maximum absolute atomic E-state index is 12.3. The highest BCUT2D eigenvalue weighted by Crippen LogP contribution is 2.25. The highest BCUT2D eigenvalue weighted by molar-refractivity contribution is 7.89. The summed E-state index contributed by atoms with van der Waals surface area (Å²) in [6.45, 7) is 7.84. The van der Waals surface area contributed by atoms with Crippen molar-refractivity contribution in [2.24, 2.45) is 5.41 Å². The number of sulfonamides is 1. The first-order valence-electron chi connectivity index (χ1n) is 6.56. The lowest BCUT2D eigenvalue weighted by atomic mass is 9.83. The summed E-state index contributed by atoms with van der Waals surface area (Å²) in [7, 11) is -3.49. The van der Waals surface area contributed by atoms with Crippen LogP contribution in [0.5, 0.6) is 0 Å². The molecular formula is C12H22N4O2S. The normalized spacial score (nSPS) is 24.6. The quantitative estimate of drug-likeness (QED) is 0.760. The predicted octanol–water partition coefficient (Wildman–Crippen LogP) is 0.695. The molecule has 1 aliphatic rings. The number of H-pyrrole nitrogens is 1. The minimum Gasteiger partial charge on any atom is -0.316 e. The predicted molar refractivity (Wildman–Crippen MR) is 73.5 cm³/mol. The highest BCUT2D eigenvalue weighted by atomic mass is 32.2. The molecule has 0 aromatic carbocycles. The zero-order valence-electron chi connectivity index (χ0n) is 11.7. The van der Waals surface area contributed by atoms with Crippen LogP contribution in [0.25, 0.3) is 0 Å². The first-order chi connectivity index (χ1) is 8.84. The monoisotopic (exact) mass is 286 g/mol. The summed E-state index contributed by atoms with van der Waals surface area (Å²) in [6, 6.07) is 0. The summed E-state index contributed by atoms with van der Waals surface area (Å²) >= 11 is 0. The molecule has 1 aliphatic heterocycles. The van der Waals surface area contributed by atoms with Gasteiger partial charge >= 0.3 is 0 Å². The highest BCUT2D eigenvalue weighted by Gasteiger charge is 2.30. The number of aryl methyl sites for hydroxylation is 2. The maximum atomic E-state index is 12.3. The van der Waals surface area contributed by atoms with Gasteiger partial charge in [-0.2, -0.15) is 5.10 Å². The van der Waals surface area contributed by atoms with Crippen LogP contribution in [0.2, 0.25) is 0 Å². The van der Waals surface area contributed by atoms with E-state index in [-0.39, 0.29) is 10.3 Å². The van der Waals surface area contributed by atoms with E-state index >= 15 is 0 Å². The van der Waals surface area contributed by atoms with Crippen molar-refractivity contribution in [3.05, 3.63) is 11.4 Å². The van der Waals surface area contributed by atoms with Crippen LogP contribution >= 0.6 is 0 Å². The van der Waals surface area contributed by atoms with E-state index in [2.05, 4.69) is 27.2 Å². The molecule has 0 amide bonds. The maximum Gasteiger partial charge on any atom is 0.244 e. The summed E-state index contributed by atoms with van der Waals surface area (Å²) in [5.74, 6) is 0. The lowest BCUT2D eigenvalue weighted by molar-refractivity contribution is 0.238. The van der Waals surface area contributed by atoms with Crippen LogP contribution in [0, 0.1) is 19.3 Å². The van der Waals surface area contributed by atoms with Gasteiger partial charge < -0.3 is 5.32 Å². The Kier molecular flexibility index (Phi) is 3.98. The van der Waals surface area contributed by atoms with E-state index in [0.717, 1.165) is 25.9 Å². The molecule has 1 atom stereocenters. The Balaban J connectivity index is 2.10. The SMILES string of the molecule is Cc1n[nH]c(C)c1S(=O)(=O)NCC1(C)CCCNC1. The number of hydrogen-bond acceptors (Lipinski definition) is 4. The van der Waals surface area contributed by atoms with Gasteiger partial charge in [-0.1, -0.05) is 6.92 Å². The van der Waals surface area contributed by atoms with Crippen LogP contribution in [0.15, 0.2) is 4.90 Å². The number of hydrogen-bond donors (Lipinski definition) is 3. The van der Waals surface area contributed by atoms with Gasteiger partial charge in [0.15, 0.2) is 0 Å². The third-order valence-corrected chi connectivity index (χ3v) is 5.37. The second kappa shape index (κ2) is 5.22. The summed E-state index contributed by atoms with van der Waals surface area (Å²) in [5, 5.41) is 9.96. The van der Waals surface area contributed by atoms with E-state index in [1.807, 2.05) is 0 Å². The molecule has 7 heteroatoms. The fourth-order valence-electron chi connectivity index (χ4n) is 2.55. The van der Waals surface area contributed by atoms with E-state index in [0.29, 0.717) is 17.9 Å². The Bertz CT molecular complexity index is 525. The molecule has 1 aromatic rings. The topological polar surface area (TPSA) is 86.9 Å². The lowest BCUT2D eigenvalue weighted by Gasteiger charge is -2.34. The minimum atomic E-state index is -3.49. The van der Waals surface area contributed by atoms with Crippen molar-refractivity contribution in [2.45, 2.75) is 38.5 Å². The largest absolute Gasteiger partial charge is 0.316 e. The molecule has 6 nitrogen and oxygen atoms in total. The zero-order valence-corrected chi connectivity index (χ0v) is 12.5. The smallest absolute Gasteiger partial charge is 0.244 e. The van der Waals surface area contributed by atoms with Gasteiger partial charge in [-0.15, -0.1) is 0 Å². The Hall–Kier alpha value is -0.920. The first-order valence-corrected chi connectivity index (χ1v) is 8.04. The molecule has 1 fully saturated rings. The van der Waals surface area contributed by atoms with Crippen LogP contribution in [-0.2, 0) is 10.0 Å². The van der Waals surface area contributed by atoms with Crippen LogP contribution in [0.3, 0.4) is 0 Å². The molecule has 2 rings (SSSR count). The van der Waals surface area contributed by atoms with E-state index in [4.69, 9.17) is 0 Å². The van der Waals surface area contributed by atoms with E-state index in [1.165, 1.54) is 0 Å². The molecule has 0 saturated carbocycles. The molecule has 2 heterocycles. The Morgan fingerprint density at radius 1 is 1.42 bits per heavy atom. The summed E-state index contributed by atoms with van der Waals surface area (Å²) in [6.07, 6.45) is 2.12. The van der Waals surface area contributed by atoms with Crippen molar-refractivity contribution in [3.8, 4) is 0 Å². The average Bonchev–Trinajstić information content (AvgIpc) is 2.68. The fourth-order valence-corrected chi connectivity index (χ4v) is 4.11. The number of piperidine rings is 1. The van der Waals surface area contributed by atoms with Gasteiger partial charge in [0.2, 0.25) is 10.0 Å². The van der Waals surface area contributed by atoms with Gasteiger partial charge in [0, 0.05) is 13.1 Å². The zero-order chi connectivity index (χ0) is 14.1. The standard InChI is InChI=1S/C12H22N4O2S/c1-9-11(10(2)16-15-9)19(17,18)14-8-12(3)5-4-6-13-7-12/h13-14H,4-8H2,1-3H3,(H,15,16). The van der Waals surface area contributed by atoms with Crippen molar-refractivity contribution >= 4 is 10.0 Å². The summed E-state index contributed by atoms with van der Waals surface area (Å²) < 4.78 is 27.4. The van der Waals surface area contributed by atoms with Gasteiger partial charge in [-0.05, 0) is 38.6 Å². The molecule has 0 aliphatic carbocycles. The molecule has 0 radical (unpaired) electrons. The molecule has 1 aromatic heterocycles. The molecule has 1 saturated heterocycles. The third-order valence-electron chi connectivity index (χ3n) is 3.70. The average molecular weight is 286 g/mol. The second-order valence-corrected chi connectivity index (χ2v) is 7.38. The van der Waals surface area contributed by atoms with Gasteiger partial charge in [-0.25, -0.2) is 13.1 Å². The molecule has 3 N–H and O–H groups in total. The summed E-state index contributed by atoms with van der Waals surface area (Å²) in [4.78, 5) is 0.278. The molecular weight excluding hydrogens is 264 g/mol. The Labute approximate surface area is 114 Å². The molecule has 19 heavy (non-hydrogen) atoms. The Morgan fingerprint density at radius 3 is 2.68 bits per heavy atom. The van der Waals surface area contributed by atoms with Gasteiger partial charge in [0.25, 0.3) is 0 Å². The van der Waals surface area contributed by atoms with Crippen LogP contribution in [-0.4, -0.2) is 38.2 Å². The van der Waals surface area contributed by atoms with E-state index < -0.39 is 10.0 Å². The minimum absolute atomic E-state index is 0.0170. The van der Waals surface area contributed by atoms with Crippen LogP contribution in [0.4, 0.5) is 0 Å². The summed E-state index contributed by atoms with van der Waals surface area (Å²) in [5.41, 5.74) is 1.07. The van der Waals surface area contributed by atoms with Crippen LogP contribution < -0.4 is 10.0 Å². The van der Waals surface area contributed by atoms with Crippen molar-refractivity contribution in [3.63, 3.8) is 0 Å². The lowest BCUT2D eigenvalue weighted by Crippen LogP contribution is -2.45. The van der Waals surface area contributed by atoms with E-state index in [9.17, 15) is 8.42 Å². The van der Waals surface area contributed by atoms with Gasteiger partial charge in [0.05, 0.1) is 11.4 Å².